The summed E-state index contributed by atoms with van der Waals surface area (Å²) in [6.45, 7) is 0. The van der Waals surface area contributed by atoms with Crippen molar-refractivity contribution >= 4 is 35.0 Å². The van der Waals surface area contributed by atoms with E-state index in [2.05, 4.69) is 11.8 Å². The van der Waals surface area contributed by atoms with Crippen LogP contribution in [0.5, 0.6) is 0 Å². The Balaban J connectivity index is 1.82. The number of hydrogen-bond donors (Lipinski definition) is 0. The first kappa shape index (κ1) is 10.4. The van der Waals surface area contributed by atoms with Crippen LogP contribution in [0.4, 0.5) is 0 Å². The zero-order valence-corrected chi connectivity index (χ0v) is 10.0. The molecule has 2 aliphatic rings. The Kier molecular flexibility index (Phi) is 3.72. The molecule has 2 fully saturated rings. The van der Waals surface area contributed by atoms with E-state index in [-0.39, 0.29) is 0 Å². The van der Waals surface area contributed by atoms with Gasteiger partial charge < -0.3 is 0 Å². The Morgan fingerprint density at radius 2 is 1.23 bits per heavy atom. The van der Waals surface area contributed by atoms with Crippen LogP contribution in [0.2, 0.25) is 0 Å². The molecule has 0 spiro atoms. The summed E-state index contributed by atoms with van der Waals surface area (Å²) in [5.74, 6) is 0. The zero-order chi connectivity index (χ0) is 9.26. The molecule has 0 aromatic heterocycles. The molecule has 3 heteroatoms. The minimum absolute atomic E-state index is 0.412. The fourth-order valence-electron chi connectivity index (χ4n) is 2.29. The molecule has 2 saturated carbocycles. The Morgan fingerprint density at radius 1 is 0.769 bits per heavy atom. The van der Waals surface area contributed by atoms with Crippen molar-refractivity contribution in [1.82, 2.24) is 0 Å². The third-order valence-electron chi connectivity index (χ3n) is 3.09. The number of rotatable bonds is 2. The van der Waals surface area contributed by atoms with Gasteiger partial charge >= 0.3 is 0 Å². The smallest absolute Gasteiger partial charge is 0.0454 e. The molecule has 4 unspecified atom stereocenters. The molecule has 0 aliphatic heterocycles. The Hall–Kier alpha value is 0.930. The van der Waals surface area contributed by atoms with Crippen LogP contribution in [0.3, 0.4) is 0 Å². The van der Waals surface area contributed by atoms with E-state index < -0.39 is 0 Å². The van der Waals surface area contributed by atoms with E-state index >= 15 is 0 Å². The van der Waals surface area contributed by atoms with Gasteiger partial charge in [-0.05, 0) is 25.7 Å². The van der Waals surface area contributed by atoms with Crippen molar-refractivity contribution in [1.29, 1.82) is 0 Å². The molecule has 0 aromatic rings. The molecule has 2 aliphatic carbocycles. The molecular weight excluding hydrogens is 223 g/mol. The van der Waals surface area contributed by atoms with E-state index in [1.54, 1.807) is 0 Å². The van der Waals surface area contributed by atoms with Gasteiger partial charge in [0.05, 0.1) is 0 Å². The van der Waals surface area contributed by atoms with Crippen molar-refractivity contribution in [2.24, 2.45) is 0 Å². The van der Waals surface area contributed by atoms with Gasteiger partial charge in [0.15, 0.2) is 0 Å². The standard InChI is InChI=1S/C10H16Cl2S/c11-7-3-1-5-9(7)13-10-6-2-4-8(10)12/h7-10H,1-6H2. The second-order valence-corrected chi connectivity index (χ2v) is 6.71. The van der Waals surface area contributed by atoms with Crippen molar-refractivity contribution in [3.63, 3.8) is 0 Å². The van der Waals surface area contributed by atoms with Crippen LogP contribution < -0.4 is 0 Å². The Bertz CT molecular complexity index is 156. The fourth-order valence-corrected chi connectivity index (χ4v) is 4.88. The molecule has 0 heterocycles. The van der Waals surface area contributed by atoms with Crippen LogP contribution in [0.25, 0.3) is 0 Å². The monoisotopic (exact) mass is 238 g/mol. The zero-order valence-electron chi connectivity index (χ0n) is 7.72. The summed E-state index contributed by atoms with van der Waals surface area (Å²) < 4.78 is 0. The quantitative estimate of drug-likeness (QED) is 0.655. The van der Waals surface area contributed by atoms with Crippen LogP contribution in [-0.2, 0) is 0 Å². The average molecular weight is 239 g/mol. The summed E-state index contributed by atoms with van der Waals surface area (Å²) in [5, 5.41) is 2.20. The van der Waals surface area contributed by atoms with Crippen molar-refractivity contribution in [3.8, 4) is 0 Å². The molecule has 0 aromatic carbocycles. The minimum Gasteiger partial charge on any atom is -0.152 e. The van der Waals surface area contributed by atoms with Crippen LogP contribution in [-0.4, -0.2) is 21.3 Å². The number of hydrogen-bond acceptors (Lipinski definition) is 1. The Morgan fingerprint density at radius 3 is 1.54 bits per heavy atom. The minimum atomic E-state index is 0.412. The van der Waals surface area contributed by atoms with Crippen LogP contribution in [0, 0.1) is 0 Å². The molecule has 0 N–H and O–H groups in total. The first-order chi connectivity index (χ1) is 6.27. The maximum atomic E-state index is 6.24. The molecule has 0 amide bonds. The van der Waals surface area contributed by atoms with Crippen molar-refractivity contribution < 1.29 is 0 Å². The molecule has 0 bridgehead atoms. The second-order valence-electron chi connectivity index (χ2n) is 4.11. The summed E-state index contributed by atoms with van der Waals surface area (Å²) in [4.78, 5) is 0. The van der Waals surface area contributed by atoms with Crippen LogP contribution >= 0.6 is 35.0 Å². The molecule has 0 saturated heterocycles. The lowest BCUT2D eigenvalue weighted by molar-refractivity contribution is 0.864. The first-order valence-corrected chi connectivity index (χ1v) is 7.02. The van der Waals surface area contributed by atoms with Gasteiger partial charge in [0.1, 0.15) is 0 Å². The van der Waals surface area contributed by atoms with Crippen LogP contribution in [0.1, 0.15) is 38.5 Å². The summed E-state index contributed by atoms with van der Waals surface area (Å²) in [7, 11) is 0. The highest BCUT2D eigenvalue weighted by Gasteiger charge is 2.33. The van der Waals surface area contributed by atoms with Gasteiger partial charge in [-0.1, -0.05) is 12.8 Å². The van der Waals surface area contributed by atoms with Gasteiger partial charge in [-0.25, -0.2) is 0 Å². The number of thioether (sulfide) groups is 1. The van der Waals surface area contributed by atoms with Gasteiger partial charge in [-0.2, -0.15) is 11.8 Å². The van der Waals surface area contributed by atoms with Gasteiger partial charge in [-0.3, -0.25) is 0 Å². The van der Waals surface area contributed by atoms with E-state index in [0.29, 0.717) is 21.3 Å². The lowest BCUT2D eigenvalue weighted by Gasteiger charge is -2.20. The first-order valence-electron chi connectivity index (χ1n) is 5.21. The maximum Gasteiger partial charge on any atom is 0.0454 e. The van der Waals surface area contributed by atoms with E-state index in [4.69, 9.17) is 23.2 Å². The highest BCUT2D eigenvalue weighted by atomic mass is 35.5. The predicted molar refractivity (Wildman–Crippen MR) is 62.2 cm³/mol. The second kappa shape index (κ2) is 4.63. The molecule has 2 rings (SSSR count). The summed E-state index contributed by atoms with van der Waals surface area (Å²) in [6, 6.07) is 0. The van der Waals surface area contributed by atoms with Gasteiger partial charge in [0.25, 0.3) is 0 Å². The predicted octanol–water partition coefficient (Wildman–Crippen LogP) is 4.04. The highest BCUT2D eigenvalue weighted by Crippen LogP contribution is 2.42. The molecule has 0 nitrogen and oxygen atoms in total. The van der Waals surface area contributed by atoms with Gasteiger partial charge in [-0.15, -0.1) is 23.2 Å². The summed E-state index contributed by atoms with van der Waals surface area (Å²) in [6.07, 6.45) is 7.65. The number of alkyl halides is 2. The van der Waals surface area contributed by atoms with E-state index in [1.165, 1.54) is 38.5 Å². The topological polar surface area (TPSA) is 0 Å². The SMILES string of the molecule is ClC1CCCC1SC1CCCC1Cl. The lowest BCUT2D eigenvalue weighted by Crippen LogP contribution is -2.18. The largest absolute Gasteiger partial charge is 0.152 e. The van der Waals surface area contributed by atoms with Gasteiger partial charge in [0, 0.05) is 21.3 Å². The van der Waals surface area contributed by atoms with Gasteiger partial charge in [0.2, 0.25) is 0 Å². The van der Waals surface area contributed by atoms with Crippen molar-refractivity contribution in [2.75, 3.05) is 0 Å². The van der Waals surface area contributed by atoms with Crippen LogP contribution in [0.15, 0.2) is 0 Å². The molecular formula is C10H16Cl2S. The third-order valence-corrected chi connectivity index (χ3v) is 6.26. The van der Waals surface area contributed by atoms with E-state index in [0.717, 1.165) is 0 Å². The molecule has 4 atom stereocenters. The third kappa shape index (κ3) is 2.49. The summed E-state index contributed by atoms with van der Waals surface area (Å²) in [5.41, 5.74) is 0. The summed E-state index contributed by atoms with van der Waals surface area (Å²) >= 11 is 14.5. The maximum absolute atomic E-state index is 6.24. The van der Waals surface area contributed by atoms with E-state index in [1.807, 2.05) is 0 Å². The van der Waals surface area contributed by atoms with E-state index in [9.17, 15) is 0 Å². The Labute approximate surface area is 94.7 Å². The normalized spacial score (nSPS) is 45.7. The van der Waals surface area contributed by atoms with Crippen molar-refractivity contribution in [3.05, 3.63) is 0 Å². The fraction of sp³-hybridized carbons (Fsp3) is 1.00. The molecule has 13 heavy (non-hydrogen) atoms. The highest BCUT2D eigenvalue weighted by molar-refractivity contribution is 8.00. The molecule has 0 radical (unpaired) electrons. The molecule has 76 valence electrons. The lowest BCUT2D eigenvalue weighted by atomic mass is 10.3. The van der Waals surface area contributed by atoms with Crippen molar-refractivity contribution in [2.45, 2.75) is 59.8 Å². The average Bonchev–Trinajstić information content (AvgIpc) is 2.65. The number of halogens is 2.